The molecule has 3 rings (SSSR count). The first-order valence-corrected chi connectivity index (χ1v) is 6.54. The lowest BCUT2D eigenvalue weighted by atomic mass is 10.0. The molecule has 0 bridgehead atoms. The normalized spacial score (nSPS) is 11.1. The molecule has 2 heterocycles. The third kappa shape index (κ3) is 2.45. The molecule has 0 saturated heterocycles. The zero-order valence-corrected chi connectivity index (χ0v) is 11.6. The Morgan fingerprint density at radius 2 is 2.14 bits per heavy atom. The van der Waals surface area contributed by atoms with Crippen LogP contribution in [-0.2, 0) is 11.3 Å². The van der Waals surface area contributed by atoms with Crippen molar-refractivity contribution in [1.82, 2.24) is 14.8 Å². The van der Waals surface area contributed by atoms with Crippen LogP contribution in [0.15, 0.2) is 36.8 Å². The van der Waals surface area contributed by atoms with Crippen molar-refractivity contribution in [1.29, 1.82) is 0 Å². The Hall–Kier alpha value is -2.47. The fraction of sp³-hybridized carbons (Fsp3) is 0.200. The summed E-state index contributed by atoms with van der Waals surface area (Å²) in [5.74, 6) is -0.434. The summed E-state index contributed by atoms with van der Waals surface area (Å²) < 4.78 is 20.5. The molecule has 0 aliphatic carbocycles. The summed E-state index contributed by atoms with van der Waals surface area (Å²) in [6.45, 7) is 1.21. The first-order valence-electron chi connectivity index (χ1n) is 6.54. The summed E-state index contributed by atoms with van der Waals surface area (Å²) in [5, 5.41) is 5.26. The number of hydrogen-bond donors (Lipinski definition) is 1. The molecule has 2 aromatic heterocycles. The Labute approximate surface area is 121 Å². The molecule has 108 valence electrons. The maximum Gasteiger partial charge on any atom is 0.146 e. The highest BCUT2D eigenvalue weighted by Crippen LogP contribution is 2.29. The molecule has 0 aliphatic heterocycles. The van der Waals surface area contributed by atoms with E-state index in [9.17, 15) is 4.39 Å². The third-order valence-electron chi connectivity index (χ3n) is 3.39. The zero-order valence-electron chi connectivity index (χ0n) is 11.6. The van der Waals surface area contributed by atoms with Gasteiger partial charge in [-0.25, -0.2) is 4.39 Å². The molecular weight excluding hydrogens is 271 g/mol. The molecule has 0 fully saturated rings. The van der Waals surface area contributed by atoms with E-state index in [1.165, 1.54) is 6.07 Å². The van der Waals surface area contributed by atoms with Crippen LogP contribution in [0.5, 0.6) is 0 Å². The van der Waals surface area contributed by atoms with Crippen molar-refractivity contribution < 1.29 is 9.13 Å². The number of methoxy groups -OCH3 is 1. The number of fused-ring (bicyclic) bond motifs is 1. The number of nitrogens with two attached hydrogens (primary N) is 1. The standard InChI is InChI=1S/C15H15FN4O/c1-21-5-4-20-15-9-18-7-11(12(15)8-19-20)10-2-3-14(17)13(16)6-10/h2-3,6-9H,4-5,17H2,1H3. The number of pyridine rings is 1. The number of benzene rings is 1. The maximum atomic E-state index is 13.7. The van der Waals surface area contributed by atoms with Crippen molar-refractivity contribution in [3.05, 3.63) is 42.6 Å². The molecule has 1 aromatic carbocycles. The lowest BCUT2D eigenvalue weighted by Gasteiger charge is -2.06. The van der Waals surface area contributed by atoms with E-state index < -0.39 is 5.82 Å². The number of rotatable bonds is 4. The van der Waals surface area contributed by atoms with Crippen LogP contribution in [0.2, 0.25) is 0 Å². The van der Waals surface area contributed by atoms with E-state index in [4.69, 9.17) is 10.5 Å². The molecule has 0 unspecified atom stereocenters. The number of nitrogens with zero attached hydrogens (tertiary/aromatic N) is 3. The molecule has 2 N–H and O–H groups in total. The van der Waals surface area contributed by atoms with Gasteiger partial charge in [-0.3, -0.25) is 9.67 Å². The van der Waals surface area contributed by atoms with Gasteiger partial charge in [-0.15, -0.1) is 0 Å². The highest BCUT2D eigenvalue weighted by atomic mass is 19.1. The van der Waals surface area contributed by atoms with Crippen molar-refractivity contribution in [2.45, 2.75) is 6.54 Å². The van der Waals surface area contributed by atoms with Crippen molar-refractivity contribution >= 4 is 16.6 Å². The Balaban J connectivity index is 2.10. The van der Waals surface area contributed by atoms with Crippen molar-refractivity contribution in [2.24, 2.45) is 0 Å². The number of halogens is 1. The Kier molecular flexibility index (Phi) is 3.53. The second-order valence-corrected chi connectivity index (χ2v) is 4.72. The minimum atomic E-state index is -0.434. The van der Waals surface area contributed by atoms with Crippen molar-refractivity contribution in [2.75, 3.05) is 19.5 Å². The van der Waals surface area contributed by atoms with E-state index in [1.807, 2.05) is 4.68 Å². The molecule has 0 saturated carbocycles. The van der Waals surface area contributed by atoms with E-state index in [-0.39, 0.29) is 5.69 Å². The molecule has 0 atom stereocenters. The van der Waals surface area contributed by atoms with Gasteiger partial charge in [-0.05, 0) is 17.7 Å². The van der Waals surface area contributed by atoms with Crippen molar-refractivity contribution in [3.8, 4) is 11.1 Å². The largest absolute Gasteiger partial charge is 0.396 e. The van der Waals surface area contributed by atoms with Crippen LogP contribution in [0.25, 0.3) is 22.0 Å². The van der Waals surface area contributed by atoms with E-state index in [2.05, 4.69) is 10.1 Å². The highest BCUT2D eigenvalue weighted by Gasteiger charge is 2.10. The van der Waals surface area contributed by atoms with Crippen molar-refractivity contribution in [3.63, 3.8) is 0 Å². The van der Waals surface area contributed by atoms with Crippen LogP contribution in [0.4, 0.5) is 10.1 Å². The topological polar surface area (TPSA) is 66.0 Å². The first kappa shape index (κ1) is 13.5. The smallest absolute Gasteiger partial charge is 0.146 e. The van der Waals surface area contributed by atoms with Gasteiger partial charge in [0.1, 0.15) is 5.82 Å². The predicted molar refractivity (Wildman–Crippen MR) is 79.2 cm³/mol. The highest BCUT2D eigenvalue weighted by molar-refractivity contribution is 5.93. The Bertz CT molecular complexity index is 784. The van der Waals surface area contributed by atoms with Crippen LogP contribution < -0.4 is 5.73 Å². The Morgan fingerprint density at radius 3 is 2.90 bits per heavy atom. The molecule has 21 heavy (non-hydrogen) atoms. The van der Waals surface area contributed by atoms with Crippen LogP contribution in [0, 0.1) is 5.82 Å². The number of aromatic nitrogens is 3. The van der Waals surface area contributed by atoms with Crippen LogP contribution in [0.3, 0.4) is 0 Å². The fourth-order valence-corrected chi connectivity index (χ4v) is 2.27. The average molecular weight is 286 g/mol. The van der Waals surface area contributed by atoms with Gasteiger partial charge in [-0.1, -0.05) is 6.07 Å². The molecule has 5 nitrogen and oxygen atoms in total. The summed E-state index contributed by atoms with van der Waals surface area (Å²) in [6, 6.07) is 4.75. The number of anilines is 1. The van der Waals surface area contributed by atoms with Gasteiger partial charge in [0.2, 0.25) is 0 Å². The molecular formula is C15H15FN4O. The molecule has 3 aromatic rings. The Morgan fingerprint density at radius 1 is 1.29 bits per heavy atom. The lowest BCUT2D eigenvalue weighted by Crippen LogP contribution is -2.05. The fourth-order valence-electron chi connectivity index (χ4n) is 2.27. The average Bonchev–Trinajstić information content (AvgIpc) is 2.91. The van der Waals surface area contributed by atoms with E-state index in [1.54, 1.807) is 37.8 Å². The maximum absolute atomic E-state index is 13.7. The summed E-state index contributed by atoms with van der Waals surface area (Å²) in [7, 11) is 1.65. The first-order chi connectivity index (χ1) is 10.2. The van der Waals surface area contributed by atoms with Crippen LogP contribution in [-0.4, -0.2) is 28.5 Å². The van der Waals surface area contributed by atoms with E-state index in [0.29, 0.717) is 13.2 Å². The summed E-state index contributed by atoms with van der Waals surface area (Å²) in [6.07, 6.45) is 5.21. The molecule has 6 heteroatoms. The minimum absolute atomic E-state index is 0.134. The second kappa shape index (κ2) is 5.49. The predicted octanol–water partition coefficient (Wildman–Crippen LogP) is 2.47. The van der Waals surface area contributed by atoms with Gasteiger partial charge in [-0.2, -0.15) is 5.10 Å². The number of hydrogen-bond acceptors (Lipinski definition) is 4. The third-order valence-corrected chi connectivity index (χ3v) is 3.39. The lowest BCUT2D eigenvalue weighted by molar-refractivity contribution is 0.185. The molecule has 0 spiro atoms. The van der Waals surface area contributed by atoms with Gasteiger partial charge in [0, 0.05) is 24.3 Å². The molecule has 0 amide bonds. The summed E-state index contributed by atoms with van der Waals surface area (Å²) in [4.78, 5) is 4.23. The number of nitrogen functional groups attached to an aromatic ring is 1. The monoisotopic (exact) mass is 286 g/mol. The zero-order chi connectivity index (χ0) is 14.8. The van der Waals surface area contributed by atoms with E-state index in [0.717, 1.165) is 22.0 Å². The van der Waals surface area contributed by atoms with Gasteiger partial charge in [0.25, 0.3) is 0 Å². The van der Waals surface area contributed by atoms with Gasteiger partial charge >= 0.3 is 0 Å². The quantitative estimate of drug-likeness (QED) is 0.748. The van der Waals surface area contributed by atoms with Crippen LogP contribution in [0.1, 0.15) is 0 Å². The van der Waals surface area contributed by atoms with Crippen LogP contribution >= 0.6 is 0 Å². The minimum Gasteiger partial charge on any atom is -0.396 e. The van der Waals surface area contributed by atoms with Gasteiger partial charge in [0.05, 0.1) is 36.7 Å². The van der Waals surface area contributed by atoms with Gasteiger partial charge < -0.3 is 10.5 Å². The summed E-state index contributed by atoms with van der Waals surface area (Å²) in [5.41, 5.74) is 8.10. The number of ether oxygens (including phenoxy) is 1. The molecule has 0 aliphatic rings. The second-order valence-electron chi connectivity index (χ2n) is 4.72. The van der Waals surface area contributed by atoms with E-state index >= 15 is 0 Å². The SMILES string of the molecule is COCCn1ncc2c(-c3ccc(N)c(F)c3)cncc21. The molecule has 0 radical (unpaired) electrons. The van der Waals surface area contributed by atoms with Gasteiger partial charge in [0.15, 0.2) is 0 Å². The summed E-state index contributed by atoms with van der Waals surface area (Å²) >= 11 is 0.